The lowest BCUT2D eigenvalue weighted by atomic mass is 10.0. The molecule has 0 N–H and O–H groups in total. The van der Waals surface area contributed by atoms with Crippen molar-refractivity contribution in [3.8, 4) is 0 Å². The van der Waals surface area contributed by atoms with E-state index < -0.39 is 22.3 Å². The number of halogens is 1. The van der Waals surface area contributed by atoms with Crippen LogP contribution in [0.25, 0.3) is 0 Å². The van der Waals surface area contributed by atoms with E-state index in [4.69, 9.17) is 0 Å². The molecule has 1 aliphatic heterocycles. The molecule has 23 heavy (non-hydrogen) atoms. The van der Waals surface area contributed by atoms with Crippen LogP contribution in [0, 0.1) is 15.9 Å². The van der Waals surface area contributed by atoms with Crippen LogP contribution in [0.1, 0.15) is 36.7 Å². The standard InChI is InChI=1S/C15H15FN4O3/c1-9-7-10(2)19-14(5-6-17-19)18(9)15(21)12-4-3-11(16)8-13(12)20(22)23/h3-6,8-10H,7H2,1-2H3. The van der Waals surface area contributed by atoms with Crippen LogP contribution in [0.2, 0.25) is 0 Å². The molecule has 1 aromatic heterocycles. The second-order valence-corrected chi connectivity index (χ2v) is 5.66. The van der Waals surface area contributed by atoms with Gasteiger partial charge in [-0.05, 0) is 32.4 Å². The number of amides is 1. The molecule has 2 aromatic rings. The Bertz CT molecular complexity index is 789. The molecule has 1 aliphatic rings. The minimum absolute atomic E-state index is 0.127. The summed E-state index contributed by atoms with van der Waals surface area (Å²) in [6, 6.07) is 4.64. The quantitative estimate of drug-likeness (QED) is 0.630. The van der Waals surface area contributed by atoms with Crippen molar-refractivity contribution >= 4 is 17.4 Å². The number of carbonyl (C=O) groups excluding carboxylic acids is 1. The summed E-state index contributed by atoms with van der Waals surface area (Å²) in [5.41, 5.74) is -0.669. The zero-order chi connectivity index (χ0) is 16.7. The van der Waals surface area contributed by atoms with E-state index >= 15 is 0 Å². The highest BCUT2D eigenvalue weighted by Crippen LogP contribution is 2.33. The summed E-state index contributed by atoms with van der Waals surface area (Å²) in [5.74, 6) is -0.698. The highest BCUT2D eigenvalue weighted by atomic mass is 19.1. The van der Waals surface area contributed by atoms with Gasteiger partial charge in [-0.25, -0.2) is 9.07 Å². The normalized spacial score (nSPS) is 20.2. The Morgan fingerprint density at radius 3 is 2.78 bits per heavy atom. The summed E-state index contributed by atoms with van der Waals surface area (Å²) in [7, 11) is 0. The van der Waals surface area contributed by atoms with Gasteiger partial charge in [0.2, 0.25) is 0 Å². The minimum Gasteiger partial charge on any atom is -0.290 e. The molecule has 1 aromatic carbocycles. The van der Waals surface area contributed by atoms with Gasteiger partial charge in [-0.2, -0.15) is 5.10 Å². The first-order chi connectivity index (χ1) is 10.9. The summed E-state index contributed by atoms with van der Waals surface area (Å²) in [6.07, 6.45) is 2.26. The van der Waals surface area contributed by atoms with E-state index in [9.17, 15) is 19.3 Å². The number of nitro benzene ring substituents is 1. The number of hydrogen-bond donors (Lipinski definition) is 0. The lowest BCUT2D eigenvalue weighted by Crippen LogP contribution is -2.45. The molecule has 8 heteroatoms. The SMILES string of the molecule is CC1CC(C)n2nccc2N1C(=O)c1ccc(F)cc1[N+](=O)[O-]. The Morgan fingerprint density at radius 2 is 2.09 bits per heavy atom. The number of rotatable bonds is 2. The molecule has 2 heterocycles. The molecule has 7 nitrogen and oxygen atoms in total. The molecule has 2 atom stereocenters. The molecular formula is C15H15FN4O3. The van der Waals surface area contributed by atoms with E-state index in [-0.39, 0.29) is 17.6 Å². The molecule has 0 aliphatic carbocycles. The predicted octanol–water partition coefficient (Wildman–Crippen LogP) is 2.93. The summed E-state index contributed by atoms with van der Waals surface area (Å²) in [6.45, 7) is 3.87. The van der Waals surface area contributed by atoms with E-state index in [0.29, 0.717) is 12.2 Å². The van der Waals surface area contributed by atoms with Crippen LogP contribution < -0.4 is 4.90 Å². The Labute approximate surface area is 131 Å². The second kappa shape index (κ2) is 5.45. The van der Waals surface area contributed by atoms with E-state index in [1.54, 1.807) is 16.9 Å². The molecular weight excluding hydrogens is 303 g/mol. The topological polar surface area (TPSA) is 81.3 Å². The van der Waals surface area contributed by atoms with Crippen LogP contribution in [0.15, 0.2) is 30.5 Å². The van der Waals surface area contributed by atoms with Crippen LogP contribution in [0.4, 0.5) is 15.9 Å². The molecule has 2 unspecified atom stereocenters. The number of aromatic nitrogens is 2. The van der Waals surface area contributed by atoms with Crippen molar-refractivity contribution in [3.63, 3.8) is 0 Å². The zero-order valence-electron chi connectivity index (χ0n) is 12.6. The maximum Gasteiger partial charge on any atom is 0.285 e. The molecule has 0 spiro atoms. The third-order valence-electron chi connectivity index (χ3n) is 4.04. The molecule has 0 saturated heterocycles. The lowest BCUT2D eigenvalue weighted by Gasteiger charge is -2.36. The first-order valence-electron chi connectivity index (χ1n) is 7.21. The van der Waals surface area contributed by atoms with Gasteiger partial charge in [0.25, 0.3) is 11.6 Å². The number of fused-ring (bicyclic) bond motifs is 1. The van der Waals surface area contributed by atoms with Gasteiger partial charge < -0.3 is 0 Å². The Morgan fingerprint density at radius 1 is 1.35 bits per heavy atom. The maximum absolute atomic E-state index is 13.3. The number of nitro groups is 1. The minimum atomic E-state index is -0.751. The number of benzene rings is 1. The summed E-state index contributed by atoms with van der Waals surface area (Å²) >= 11 is 0. The molecule has 1 amide bonds. The van der Waals surface area contributed by atoms with Crippen LogP contribution in [0.3, 0.4) is 0 Å². The number of anilines is 1. The van der Waals surface area contributed by atoms with Gasteiger partial charge in [0.05, 0.1) is 23.2 Å². The van der Waals surface area contributed by atoms with E-state index in [1.165, 1.54) is 4.90 Å². The second-order valence-electron chi connectivity index (χ2n) is 5.66. The van der Waals surface area contributed by atoms with Crippen LogP contribution in [-0.2, 0) is 0 Å². The molecule has 0 bridgehead atoms. The Hall–Kier alpha value is -2.77. The van der Waals surface area contributed by atoms with Crippen molar-refractivity contribution in [2.75, 3.05) is 4.90 Å². The van der Waals surface area contributed by atoms with Crippen LogP contribution in [0.5, 0.6) is 0 Å². The van der Waals surface area contributed by atoms with Gasteiger partial charge in [-0.3, -0.25) is 19.8 Å². The zero-order valence-corrected chi connectivity index (χ0v) is 12.6. The van der Waals surface area contributed by atoms with E-state index in [1.807, 2.05) is 13.8 Å². The first-order valence-corrected chi connectivity index (χ1v) is 7.21. The predicted molar refractivity (Wildman–Crippen MR) is 80.9 cm³/mol. The van der Waals surface area contributed by atoms with Gasteiger partial charge in [-0.1, -0.05) is 0 Å². The average Bonchev–Trinajstić information content (AvgIpc) is 2.96. The molecule has 0 fully saturated rings. The fraction of sp³-hybridized carbons (Fsp3) is 0.333. The van der Waals surface area contributed by atoms with Gasteiger partial charge in [-0.15, -0.1) is 0 Å². The summed E-state index contributed by atoms with van der Waals surface area (Å²) < 4.78 is 15.0. The van der Waals surface area contributed by atoms with Gasteiger partial charge >= 0.3 is 0 Å². The highest BCUT2D eigenvalue weighted by Gasteiger charge is 2.35. The highest BCUT2D eigenvalue weighted by molar-refractivity contribution is 6.08. The van der Waals surface area contributed by atoms with Crippen molar-refractivity contribution < 1.29 is 14.1 Å². The largest absolute Gasteiger partial charge is 0.290 e. The summed E-state index contributed by atoms with van der Waals surface area (Å²) in [4.78, 5) is 24.7. The van der Waals surface area contributed by atoms with E-state index in [0.717, 1.165) is 18.2 Å². The van der Waals surface area contributed by atoms with Crippen LogP contribution in [-0.4, -0.2) is 26.7 Å². The Balaban J connectivity index is 2.08. The molecule has 3 rings (SSSR count). The fourth-order valence-electron chi connectivity index (χ4n) is 3.03. The van der Waals surface area contributed by atoms with Crippen molar-refractivity contribution in [2.45, 2.75) is 32.4 Å². The monoisotopic (exact) mass is 318 g/mol. The van der Waals surface area contributed by atoms with Gasteiger partial charge in [0, 0.05) is 12.1 Å². The number of hydrogen-bond acceptors (Lipinski definition) is 4. The van der Waals surface area contributed by atoms with Crippen LogP contribution >= 0.6 is 0 Å². The van der Waals surface area contributed by atoms with Gasteiger partial charge in [0.1, 0.15) is 17.2 Å². The average molecular weight is 318 g/mol. The third-order valence-corrected chi connectivity index (χ3v) is 4.04. The molecule has 0 saturated carbocycles. The van der Waals surface area contributed by atoms with Crippen molar-refractivity contribution in [2.24, 2.45) is 0 Å². The third kappa shape index (κ3) is 2.45. The lowest BCUT2D eigenvalue weighted by molar-refractivity contribution is -0.385. The summed E-state index contributed by atoms with van der Waals surface area (Å²) in [5, 5.41) is 15.3. The smallest absolute Gasteiger partial charge is 0.285 e. The fourth-order valence-corrected chi connectivity index (χ4v) is 3.03. The molecule has 0 radical (unpaired) electrons. The maximum atomic E-state index is 13.3. The van der Waals surface area contributed by atoms with E-state index in [2.05, 4.69) is 5.10 Å². The van der Waals surface area contributed by atoms with Crippen molar-refractivity contribution in [1.82, 2.24) is 9.78 Å². The first kappa shape index (κ1) is 15.1. The number of carbonyl (C=O) groups is 1. The van der Waals surface area contributed by atoms with Crippen molar-refractivity contribution in [3.05, 3.63) is 52.0 Å². The number of nitrogens with zero attached hydrogens (tertiary/aromatic N) is 4. The Kier molecular flexibility index (Phi) is 3.59. The molecule has 120 valence electrons. The van der Waals surface area contributed by atoms with Crippen molar-refractivity contribution in [1.29, 1.82) is 0 Å². The van der Waals surface area contributed by atoms with Gasteiger partial charge in [0.15, 0.2) is 0 Å².